The Labute approximate surface area is 70.0 Å². The molecule has 1 aromatic rings. The fourth-order valence-electron chi connectivity index (χ4n) is 0.832. The van der Waals surface area contributed by atoms with Crippen LogP contribution in [-0.4, -0.2) is 22.9 Å². The molecule has 5 heteroatoms. The lowest BCUT2D eigenvalue weighted by molar-refractivity contribution is 0.0996. The van der Waals surface area contributed by atoms with Crippen LogP contribution in [0, 0.1) is 6.92 Å². The zero-order valence-corrected chi connectivity index (χ0v) is 6.96. The molecule has 12 heavy (non-hydrogen) atoms. The lowest BCUT2D eigenvalue weighted by Gasteiger charge is -2.03. The van der Waals surface area contributed by atoms with Crippen molar-refractivity contribution in [1.82, 2.24) is 9.97 Å². The third-order valence-electron chi connectivity index (χ3n) is 1.36. The number of nitrogens with one attached hydrogen (secondary N) is 1. The number of nitrogens with two attached hydrogens (primary N) is 1. The van der Waals surface area contributed by atoms with Gasteiger partial charge in [0.15, 0.2) is 11.5 Å². The minimum Gasteiger partial charge on any atom is -0.371 e. The molecule has 0 spiro atoms. The highest BCUT2D eigenvalue weighted by atomic mass is 16.1. The van der Waals surface area contributed by atoms with Gasteiger partial charge in [-0.3, -0.25) is 4.79 Å². The first-order valence-electron chi connectivity index (χ1n) is 3.46. The third kappa shape index (κ3) is 1.50. The Morgan fingerprint density at radius 3 is 2.83 bits per heavy atom. The predicted molar refractivity (Wildman–Crippen MR) is 44.8 cm³/mol. The van der Waals surface area contributed by atoms with Gasteiger partial charge in [-0.2, -0.15) is 0 Å². The van der Waals surface area contributed by atoms with E-state index in [-0.39, 0.29) is 5.69 Å². The number of anilines is 1. The van der Waals surface area contributed by atoms with Crippen LogP contribution >= 0.6 is 0 Å². The number of primary amides is 1. The summed E-state index contributed by atoms with van der Waals surface area (Å²) in [7, 11) is 1.66. The molecule has 64 valence electrons. The number of carbonyl (C=O) groups is 1. The van der Waals surface area contributed by atoms with E-state index in [1.54, 1.807) is 20.2 Å². The average molecular weight is 166 g/mol. The second kappa shape index (κ2) is 3.17. The molecule has 0 saturated heterocycles. The molecule has 1 aromatic heterocycles. The van der Waals surface area contributed by atoms with Crippen LogP contribution in [0.25, 0.3) is 0 Å². The average Bonchev–Trinajstić information content (AvgIpc) is 2.04. The summed E-state index contributed by atoms with van der Waals surface area (Å²) in [6, 6.07) is 0. The Hall–Kier alpha value is -1.65. The van der Waals surface area contributed by atoms with Gasteiger partial charge in [0.05, 0.1) is 11.9 Å². The summed E-state index contributed by atoms with van der Waals surface area (Å²) in [5.74, 6) is -0.163. The van der Waals surface area contributed by atoms with Crippen molar-refractivity contribution in [3.63, 3.8) is 0 Å². The molecular weight excluding hydrogens is 156 g/mol. The molecule has 1 amide bonds. The molecule has 0 aliphatic heterocycles. The number of carbonyl (C=O) groups excluding carboxylic acids is 1. The van der Waals surface area contributed by atoms with Gasteiger partial charge in [0.2, 0.25) is 0 Å². The molecule has 1 rings (SSSR count). The van der Waals surface area contributed by atoms with Crippen LogP contribution in [-0.2, 0) is 0 Å². The highest BCUT2D eigenvalue weighted by molar-refractivity contribution is 5.95. The molecule has 0 atom stereocenters. The second-order valence-corrected chi connectivity index (χ2v) is 2.32. The van der Waals surface area contributed by atoms with Gasteiger partial charge in [-0.05, 0) is 6.92 Å². The normalized spacial score (nSPS) is 9.50. The minimum atomic E-state index is -0.574. The third-order valence-corrected chi connectivity index (χ3v) is 1.36. The molecule has 0 aliphatic rings. The minimum absolute atomic E-state index is 0.178. The first-order valence-corrected chi connectivity index (χ1v) is 3.46. The molecule has 0 radical (unpaired) electrons. The van der Waals surface area contributed by atoms with Gasteiger partial charge in [0.25, 0.3) is 5.91 Å². The van der Waals surface area contributed by atoms with Gasteiger partial charge < -0.3 is 11.1 Å². The predicted octanol–water partition coefficient (Wildman–Crippen LogP) is -0.0744. The molecule has 0 unspecified atom stereocenters. The van der Waals surface area contributed by atoms with Gasteiger partial charge in [-0.15, -0.1) is 0 Å². The molecule has 0 aromatic carbocycles. The van der Waals surface area contributed by atoms with Crippen molar-refractivity contribution in [2.75, 3.05) is 12.4 Å². The van der Waals surface area contributed by atoms with Crippen LogP contribution in [0.4, 0.5) is 5.82 Å². The number of nitrogens with zero attached hydrogens (tertiary/aromatic N) is 2. The fourth-order valence-corrected chi connectivity index (χ4v) is 0.832. The standard InChI is InChI=1S/C7H10N4O/c1-4-3-10-7(9-2)5(11-4)6(8)12/h3H,1-2H3,(H2,8,12)(H,9,10). The van der Waals surface area contributed by atoms with Gasteiger partial charge in [-0.1, -0.05) is 0 Å². The molecule has 0 aliphatic carbocycles. The van der Waals surface area contributed by atoms with Crippen LogP contribution < -0.4 is 11.1 Å². The van der Waals surface area contributed by atoms with Crippen LogP contribution in [0.3, 0.4) is 0 Å². The largest absolute Gasteiger partial charge is 0.371 e. The van der Waals surface area contributed by atoms with Crippen molar-refractivity contribution in [2.24, 2.45) is 5.73 Å². The van der Waals surface area contributed by atoms with Crippen molar-refractivity contribution in [2.45, 2.75) is 6.92 Å². The maximum absolute atomic E-state index is 10.8. The Kier molecular flexibility index (Phi) is 2.23. The van der Waals surface area contributed by atoms with E-state index in [0.717, 1.165) is 0 Å². The number of rotatable bonds is 2. The van der Waals surface area contributed by atoms with Gasteiger partial charge in [-0.25, -0.2) is 9.97 Å². The lowest BCUT2D eigenvalue weighted by Crippen LogP contribution is -2.17. The number of amides is 1. The Morgan fingerprint density at radius 2 is 2.33 bits per heavy atom. The van der Waals surface area contributed by atoms with Crippen molar-refractivity contribution in [1.29, 1.82) is 0 Å². The van der Waals surface area contributed by atoms with Gasteiger partial charge in [0, 0.05) is 7.05 Å². The zero-order chi connectivity index (χ0) is 9.14. The summed E-state index contributed by atoms with van der Waals surface area (Å²) in [6.07, 6.45) is 1.57. The highest BCUT2D eigenvalue weighted by Gasteiger charge is 2.09. The van der Waals surface area contributed by atoms with E-state index >= 15 is 0 Å². The highest BCUT2D eigenvalue weighted by Crippen LogP contribution is 2.07. The van der Waals surface area contributed by atoms with Crippen molar-refractivity contribution in [3.05, 3.63) is 17.6 Å². The Morgan fingerprint density at radius 1 is 1.67 bits per heavy atom. The van der Waals surface area contributed by atoms with E-state index in [2.05, 4.69) is 15.3 Å². The van der Waals surface area contributed by atoms with E-state index in [9.17, 15) is 4.79 Å². The van der Waals surface area contributed by atoms with E-state index in [1.807, 2.05) is 0 Å². The first-order chi connectivity index (χ1) is 5.65. The van der Waals surface area contributed by atoms with E-state index < -0.39 is 5.91 Å². The molecule has 0 bridgehead atoms. The van der Waals surface area contributed by atoms with E-state index in [1.165, 1.54) is 0 Å². The van der Waals surface area contributed by atoms with Gasteiger partial charge in [0.1, 0.15) is 0 Å². The number of hydrogen-bond acceptors (Lipinski definition) is 4. The first kappa shape index (κ1) is 8.45. The van der Waals surface area contributed by atoms with Gasteiger partial charge >= 0.3 is 0 Å². The Bertz CT molecular complexity index is 310. The van der Waals surface area contributed by atoms with E-state index in [0.29, 0.717) is 11.5 Å². The molecular formula is C7H10N4O. The smallest absolute Gasteiger partial charge is 0.271 e. The maximum atomic E-state index is 10.8. The summed E-state index contributed by atoms with van der Waals surface area (Å²) in [5, 5.41) is 2.73. The van der Waals surface area contributed by atoms with Crippen molar-refractivity contribution >= 4 is 11.7 Å². The van der Waals surface area contributed by atoms with Crippen molar-refractivity contribution < 1.29 is 4.79 Å². The molecule has 0 fully saturated rings. The topological polar surface area (TPSA) is 80.9 Å². The number of aromatic nitrogens is 2. The molecule has 5 nitrogen and oxygen atoms in total. The van der Waals surface area contributed by atoms with Crippen LogP contribution in [0.15, 0.2) is 6.20 Å². The quantitative estimate of drug-likeness (QED) is 0.644. The summed E-state index contributed by atoms with van der Waals surface area (Å²) in [6.45, 7) is 1.75. The number of aryl methyl sites for hydroxylation is 1. The van der Waals surface area contributed by atoms with Crippen molar-refractivity contribution in [3.8, 4) is 0 Å². The van der Waals surface area contributed by atoms with E-state index in [4.69, 9.17) is 5.73 Å². The number of hydrogen-bond donors (Lipinski definition) is 2. The summed E-state index contributed by atoms with van der Waals surface area (Å²) in [4.78, 5) is 18.7. The molecule has 3 N–H and O–H groups in total. The summed E-state index contributed by atoms with van der Waals surface area (Å²) in [5.41, 5.74) is 5.93. The SMILES string of the molecule is CNc1ncc(C)nc1C(N)=O. The molecule has 0 saturated carbocycles. The fraction of sp³-hybridized carbons (Fsp3) is 0.286. The monoisotopic (exact) mass is 166 g/mol. The Balaban J connectivity index is 3.21. The lowest BCUT2D eigenvalue weighted by atomic mass is 10.3. The zero-order valence-electron chi connectivity index (χ0n) is 6.96. The summed E-state index contributed by atoms with van der Waals surface area (Å²) >= 11 is 0. The van der Waals surface area contributed by atoms with Crippen LogP contribution in [0.2, 0.25) is 0 Å². The second-order valence-electron chi connectivity index (χ2n) is 2.32. The van der Waals surface area contributed by atoms with Crippen LogP contribution in [0.1, 0.15) is 16.2 Å². The summed E-state index contributed by atoms with van der Waals surface area (Å²) < 4.78 is 0. The van der Waals surface area contributed by atoms with Crippen LogP contribution in [0.5, 0.6) is 0 Å². The molecule has 1 heterocycles. The maximum Gasteiger partial charge on any atom is 0.271 e.